The second-order valence-corrected chi connectivity index (χ2v) is 5.28. The Bertz CT molecular complexity index is 434. The zero-order valence-corrected chi connectivity index (χ0v) is 14.3. The summed E-state index contributed by atoms with van der Waals surface area (Å²) in [5, 5.41) is 0. The molecular weight excluding hydrogens is 353 g/mol. The van der Waals surface area contributed by atoms with E-state index < -0.39 is 0 Å². The maximum atomic E-state index is 6.04. The molecule has 108 valence electrons. The number of nitrogens with zero attached hydrogens (tertiary/aromatic N) is 2. The van der Waals surface area contributed by atoms with Gasteiger partial charge in [0.15, 0.2) is 5.96 Å². The second-order valence-electron chi connectivity index (χ2n) is 5.28. The standard InChI is InChI=1S/C14H23N3O.HI/c1-10-4-6-17(7-5-10)14(15)16-9-13-8-11(2)18-12(13)3;/h8,10H,4-7,9H2,1-3H3,(H2,15,16);1H. The molecule has 2 heterocycles. The predicted molar refractivity (Wildman–Crippen MR) is 88.9 cm³/mol. The number of aryl methyl sites for hydroxylation is 2. The van der Waals surface area contributed by atoms with E-state index in [-0.39, 0.29) is 24.0 Å². The topological polar surface area (TPSA) is 54.8 Å². The van der Waals surface area contributed by atoms with Crippen molar-refractivity contribution in [2.45, 2.75) is 40.2 Å². The van der Waals surface area contributed by atoms with Crippen molar-refractivity contribution in [2.24, 2.45) is 16.6 Å². The largest absolute Gasteiger partial charge is 0.466 e. The van der Waals surface area contributed by atoms with Crippen LogP contribution in [0.25, 0.3) is 0 Å². The number of rotatable bonds is 2. The molecule has 1 fully saturated rings. The molecule has 2 rings (SSSR count). The first kappa shape index (κ1) is 16.3. The number of furan rings is 1. The highest BCUT2D eigenvalue weighted by atomic mass is 127. The van der Waals surface area contributed by atoms with Crippen LogP contribution in [0.5, 0.6) is 0 Å². The van der Waals surface area contributed by atoms with E-state index in [0.717, 1.165) is 36.1 Å². The number of nitrogens with two attached hydrogens (primary N) is 1. The van der Waals surface area contributed by atoms with E-state index in [9.17, 15) is 0 Å². The molecular formula is C14H24IN3O. The van der Waals surface area contributed by atoms with E-state index >= 15 is 0 Å². The van der Waals surface area contributed by atoms with Crippen LogP contribution in [0, 0.1) is 19.8 Å². The van der Waals surface area contributed by atoms with Crippen LogP contribution in [0.4, 0.5) is 0 Å². The molecule has 5 heteroatoms. The summed E-state index contributed by atoms with van der Waals surface area (Å²) in [6.45, 7) is 8.88. The molecule has 0 amide bonds. The molecule has 4 nitrogen and oxygen atoms in total. The molecule has 0 atom stereocenters. The van der Waals surface area contributed by atoms with E-state index in [1.165, 1.54) is 12.8 Å². The monoisotopic (exact) mass is 377 g/mol. The summed E-state index contributed by atoms with van der Waals surface area (Å²) in [7, 11) is 0. The highest BCUT2D eigenvalue weighted by Crippen LogP contribution is 2.17. The van der Waals surface area contributed by atoms with Gasteiger partial charge in [0.05, 0.1) is 6.54 Å². The Hall–Kier alpha value is -0.720. The Balaban J connectivity index is 0.00000180. The van der Waals surface area contributed by atoms with E-state index in [1.54, 1.807) is 0 Å². The molecule has 0 spiro atoms. The van der Waals surface area contributed by atoms with Crippen LogP contribution < -0.4 is 5.73 Å². The SMILES string of the molecule is Cc1cc(CN=C(N)N2CCC(C)CC2)c(C)o1.I. The fourth-order valence-corrected chi connectivity index (χ4v) is 2.34. The van der Waals surface area contributed by atoms with Gasteiger partial charge in [-0.1, -0.05) is 6.92 Å². The molecule has 0 aliphatic carbocycles. The summed E-state index contributed by atoms with van der Waals surface area (Å²) in [5.41, 5.74) is 7.17. The van der Waals surface area contributed by atoms with Gasteiger partial charge in [-0.25, -0.2) is 4.99 Å². The van der Waals surface area contributed by atoms with E-state index in [1.807, 2.05) is 19.9 Å². The summed E-state index contributed by atoms with van der Waals surface area (Å²) in [5.74, 6) is 3.35. The van der Waals surface area contributed by atoms with E-state index in [2.05, 4.69) is 16.8 Å². The lowest BCUT2D eigenvalue weighted by Crippen LogP contribution is -2.42. The summed E-state index contributed by atoms with van der Waals surface area (Å²) in [6, 6.07) is 2.03. The Kier molecular flexibility index (Phi) is 6.16. The van der Waals surface area contributed by atoms with Crippen LogP contribution in [0.2, 0.25) is 0 Å². The fraction of sp³-hybridized carbons (Fsp3) is 0.643. The third-order valence-corrected chi connectivity index (χ3v) is 3.66. The smallest absolute Gasteiger partial charge is 0.191 e. The van der Waals surface area contributed by atoms with Crippen LogP contribution in [0.3, 0.4) is 0 Å². The van der Waals surface area contributed by atoms with Crippen LogP contribution in [-0.2, 0) is 6.54 Å². The van der Waals surface area contributed by atoms with Crippen molar-refractivity contribution in [3.05, 3.63) is 23.2 Å². The van der Waals surface area contributed by atoms with Crippen LogP contribution >= 0.6 is 24.0 Å². The molecule has 1 aromatic heterocycles. The lowest BCUT2D eigenvalue weighted by Gasteiger charge is -2.31. The number of piperidine rings is 1. The zero-order valence-electron chi connectivity index (χ0n) is 12.0. The number of halogens is 1. The Morgan fingerprint density at radius 3 is 2.58 bits per heavy atom. The summed E-state index contributed by atoms with van der Waals surface area (Å²) in [4.78, 5) is 6.66. The Morgan fingerprint density at radius 1 is 1.42 bits per heavy atom. The summed E-state index contributed by atoms with van der Waals surface area (Å²) >= 11 is 0. The van der Waals surface area contributed by atoms with Gasteiger partial charge in [0, 0.05) is 18.7 Å². The van der Waals surface area contributed by atoms with Crippen molar-refractivity contribution in [1.82, 2.24) is 4.90 Å². The van der Waals surface area contributed by atoms with Crippen molar-refractivity contribution < 1.29 is 4.42 Å². The number of likely N-dealkylation sites (tertiary alicyclic amines) is 1. The molecule has 19 heavy (non-hydrogen) atoms. The van der Waals surface area contributed by atoms with Crippen molar-refractivity contribution in [3.8, 4) is 0 Å². The van der Waals surface area contributed by atoms with Gasteiger partial charge < -0.3 is 15.1 Å². The van der Waals surface area contributed by atoms with Gasteiger partial charge in [0.1, 0.15) is 11.5 Å². The molecule has 2 N–H and O–H groups in total. The Morgan fingerprint density at radius 2 is 2.05 bits per heavy atom. The predicted octanol–water partition coefficient (Wildman–Crippen LogP) is 3.06. The second kappa shape index (κ2) is 7.17. The van der Waals surface area contributed by atoms with Crippen molar-refractivity contribution in [3.63, 3.8) is 0 Å². The van der Waals surface area contributed by atoms with Gasteiger partial charge in [-0.15, -0.1) is 24.0 Å². The molecule has 0 aromatic carbocycles. The lowest BCUT2D eigenvalue weighted by molar-refractivity contribution is 0.277. The molecule has 0 unspecified atom stereocenters. The first-order valence-corrected chi connectivity index (χ1v) is 6.67. The van der Waals surface area contributed by atoms with Gasteiger partial charge in [-0.05, 0) is 38.7 Å². The number of guanidine groups is 1. The zero-order chi connectivity index (χ0) is 13.1. The maximum absolute atomic E-state index is 6.04. The third-order valence-electron chi connectivity index (χ3n) is 3.66. The average molecular weight is 377 g/mol. The van der Waals surface area contributed by atoms with Crippen LogP contribution in [-0.4, -0.2) is 23.9 Å². The molecule has 1 aliphatic heterocycles. The molecule has 1 aromatic rings. The van der Waals surface area contributed by atoms with E-state index in [0.29, 0.717) is 12.5 Å². The third kappa shape index (κ3) is 4.40. The van der Waals surface area contributed by atoms with Gasteiger partial charge in [-0.3, -0.25) is 0 Å². The first-order chi connectivity index (χ1) is 8.56. The van der Waals surface area contributed by atoms with Gasteiger partial charge >= 0.3 is 0 Å². The lowest BCUT2D eigenvalue weighted by atomic mass is 10.00. The van der Waals surface area contributed by atoms with Gasteiger partial charge in [0.2, 0.25) is 0 Å². The van der Waals surface area contributed by atoms with Crippen LogP contribution in [0.15, 0.2) is 15.5 Å². The first-order valence-electron chi connectivity index (χ1n) is 6.67. The van der Waals surface area contributed by atoms with Gasteiger partial charge in [0.25, 0.3) is 0 Å². The minimum absolute atomic E-state index is 0. The number of hydrogen-bond acceptors (Lipinski definition) is 2. The number of hydrogen-bond donors (Lipinski definition) is 1. The molecule has 0 radical (unpaired) electrons. The quantitative estimate of drug-likeness (QED) is 0.490. The Labute approximate surface area is 132 Å². The normalized spacial score (nSPS) is 17.4. The molecule has 0 saturated carbocycles. The summed E-state index contributed by atoms with van der Waals surface area (Å²) < 4.78 is 5.48. The van der Waals surface area contributed by atoms with Crippen molar-refractivity contribution >= 4 is 29.9 Å². The average Bonchev–Trinajstić information content (AvgIpc) is 2.66. The maximum Gasteiger partial charge on any atom is 0.191 e. The minimum Gasteiger partial charge on any atom is -0.466 e. The fourth-order valence-electron chi connectivity index (χ4n) is 2.34. The summed E-state index contributed by atoms with van der Waals surface area (Å²) in [6.07, 6.45) is 2.42. The molecule has 1 aliphatic rings. The minimum atomic E-state index is 0. The van der Waals surface area contributed by atoms with Gasteiger partial charge in [-0.2, -0.15) is 0 Å². The highest BCUT2D eigenvalue weighted by molar-refractivity contribution is 14.0. The van der Waals surface area contributed by atoms with Crippen molar-refractivity contribution in [1.29, 1.82) is 0 Å². The van der Waals surface area contributed by atoms with Crippen molar-refractivity contribution in [2.75, 3.05) is 13.1 Å². The molecule has 1 saturated heterocycles. The molecule has 0 bridgehead atoms. The van der Waals surface area contributed by atoms with Crippen LogP contribution in [0.1, 0.15) is 36.8 Å². The highest BCUT2D eigenvalue weighted by Gasteiger charge is 2.17. The number of aliphatic imine (C=N–C) groups is 1. The van der Waals surface area contributed by atoms with E-state index in [4.69, 9.17) is 10.2 Å².